The monoisotopic (exact) mass is 696 g/mol. The standard InChI is InChI=1S/C55H36/c1-2-11-34(12-3-1)53-49-19-9-7-17-46(49)51-32-37(26-28-50(51)53)38-25-27-47-45-16-6-8-18-48(45)55(52(47)33-38)42-24-22-35-29-40(23-21-36(35)30-42)44-20-10-14-41-31-39-13-4-5-15-43(39)54(41)44/h1-30,32-33,53,55H,31H2. The van der Waals surface area contributed by atoms with E-state index in [-0.39, 0.29) is 11.8 Å². The van der Waals surface area contributed by atoms with Crippen LogP contribution < -0.4 is 0 Å². The Morgan fingerprint density at radius 3 is 1.73 bits per heavy atom. The summed E-state index contributed by atoms with van der Waals surface area (Å²) in [7, 11) is 0. The van der Waals surface area contributed by atoms with Crippen molar-refractivity contribution in [1.82, 2.24) is 0 Å². The molecule has 0 fully saturated rings. The lowest BCUT2D eigenvalue weighted by Crippen LogP contribution is -2.00. The average Bonchev–Trinajstić information content (AvgIpc) is 3.91. The lowest BCUT2D eigenvalue weighted by Gasteiger charge is -2.17. The topological polar surface area (TPSA) is 0 Å². The first kappa shape index (κ1) is 30.7. The maximum atomic E-state index is 2.47. The van der Waals surface area contributed by atoms with Crippen LogP contribution in [0.4, 0.5) is 0 Å². The first-order valence-corrected chi connectivity index (χ1v) is 19.5. The van der Waals surface area contributed by atoms with Crippen molar-refractivity contribution in [2.75, 3.05) is 0 Å². The molecule has 9 aromatic carbocycles. The van der Waals surface area contributed by atoms with E-state index in [1.807, 2.05) is 0 Å². The van der Waals surface area contributed by atoms with Gasteiger partial charge in [-0.05, 0) is 136 Å². The number of hydrogen-bond donors (Lipinski definition) is 0. The average molecular weight is 697 g/mol. The van der Waals surface area contributed by atoms with E-state index in [0.717, 1.165) is 6.42 Å². The Hall–Kier alpha value is -6.76. The van der Waals surface area contributed by atoms with Gasteiger partial charge >= 0.3 is 0 Å². The Bertz CT molecular complexity index is 3020. The molecule has 3 aliphatic rings. The normalized spacial score (nSPS) is 15.6. The van der Waals surface area contributed by atoms with Gasteiger partial charge in [-0.15, -0.1) is 0 Å². The number of rotatable bonds is 4. The summed E-state index contributed by atoms with van der Waals surface area (Å²) in [6.07, 6.45) is 1.01. The molecule has 3 aliphatic carbocycles. The highest BCUT2D eigenvalue weighted by molar-refractivity contribution is 5.95. The molecular formula is C55H36. The van der Waals surface area contributed by atoms with Crippen LogP contribution in [0.3, 0.4) is 0 Å². The first-order chi connectivity index (χ1) is 27.3. The summed E-state index contributed by atoms with van der Waals surface area (Å²) in [5.41, 5.74) is 24.4. The Morgan fingerprint density at radius 1 is 0.291 bits per heavy atom. The molecule has 256 valence electrons. The van der Waals surface area contributed by atoms with E-state index >= 15 is 0 Å². The van der Waals surface area contributed by atoms with E-state index < -0.39 is 0 Å². The summed E-state index contributed by atoms with van der Waals surface area (Å²) >= 11 is 0. The third kappa shape index (κ3) is 4.65. The second-order valence-corrected chi connectivity index (χ2v) is 15.6. The lowest BCUT2D eigenvalue weighted by molar-refractivity contribution is 1.01. The fourth-order valence-electron chi connectivity index (χ4n) is 10.2. The maximum absolute atomic E-state index is 2.47. The van der Waals surface area contributed by atoms with Crippen LogP contribution in [0.25, 0.3) is 66.4 Å². The lowest BCUT2D eigenvalue weighted by atomic mass is 9.86. The van der Waals surface area contributed by atoms with E-state index in [1.165, 1.54) is 111 Å². The highest BCUT2D eigenvalue weighted by Gasteiger charge is 2.32. The van der Waals surface area contributed by atoms with Gasteiger partial charge in [-0.2, -0.15) is 0 Å². The molecular weight excluding hydrogens is 661 g/mol. The van der Waals surface area contributed by atoms with Crippen LogP contribution in [-0.2, 0) is 6.42 Å². The molecule has 0 aliphatic heterocycles. The molecule has 0 saturated carbocycles. The van der Waals surface area contributed by atoms with Crippen molar-refractivity contribution in [3.8, 4) is 55.6 Å². The minimum absolute atomic E-state index is 0.168. The molecule has 2 atom stereocenters. The number of benzene rings is 9. The van der Waals surface area contributed by atoms with Gasteiger partial charge < -0.3 is 0 Å². The molecule has 0 spiro atoms. The predicted octanol–water partition coefficient (Wildman–Crippen LogP) is 14.1. The highest BCUT2D eigenvalue weighted by Crippen LogP contribution is 2.52. The van der Waals surface area contributed by atoms with Crippen molar-refractivity contribution in [3.05, 3.63) is 239 Å². The molecule has 0 nitrogen and oxygen atoms in total. The molecule has 0 heterocycles. The molecule has 0 heteroatoms. The van der Waals surface area contributed by atoms with Crippen molar-refractivity contribution in [2.24, 2.45) is 0 Å². The molecule has 12 rings (SSSR count). The summed E-state index contributed by atoms with van der Waals surface area (Å²) < 4.78 is 0. The molecule has 0 aromatic heterocycles. The molecule has 0 radical (unpaired) electrons. The van der Waals surface area contributed by atoms with Gasteiger partial charge in [0.25, 0.3) is 0 Å². The van der Waals surface area contributed by atoms with Gasteiger partial charge in [0, 0.05) is 11.8 Å². The largest absolute Gasteiger partial charge is 0.0622 e. The third-order valence-corrected chi connectivity index (χ3v) is 12.6. The molecule has 2 unspecified atom stereocenters. The summed E-state index contributed by atoms with van der Waals surface area (Å²) in [5, 5.41) is 2.55. The van der Waals surface area contributed by atoms with Crippen molar-refractivity contribution in [3.63, 3.8) is 0 Å². The van der Waals surface area contributed by atoms with Crippen LogP contribution in [0.5, 0.6) is 0 Å². The van der Waals surface area contributed by atoms with Crippen molar-refractivity contribution < 1.29 is 0 Å². The van der Waals surface area contributed by atoms with Crippen molar-refractivity contribution >= 4 is 10.8 Å². The number of fused-ring (bicyclic) bond motifs is 10. The SMILES string of the molecule is c1ccc(C2c3ccccc3-c3cc(-c4ccc5c(c4)C(c4ccc6cc(-c7cccc8c7-c7ccccc7C8)ccc6c4)c4ccccc4-5)ccc32)cc1. The zero-order chi connectivity index (χ0) is 36.0. The molecule has 9 aromatic rings. The Balaban J connectivity index is 0.941. The second kappa shape index (κ2) is 11.9. The zero-order valence-electron chi connectivity index (χ0n) is 30.3. The Kier molecular flexibility index (Phi) is 6.62. The summed E-state index contributed by atoms with van der Waals surface area (Å²) in [4.78, 5) is 0. The van der Waals surface area contributed by atoms with Gasteiger partial charge in [-0.3, -0.25) is 0 Å². The highest BCUT2D eigenvalue weighted by atomic mass is 14.4. The smallest absolute Gasteiger partial charge is 0.0352 e. The quantitative estimate of drug-likeness (QED) is 0.172. The maximum Gasteiger partial charge on any atom is 0.0352 e. The minimum atomic E-state index is 0.168. The molecule has 0 N–H and O–H groups in total. The summed E-state index contributed by atoms with van der Waals surface area (Å²) in [5.74, 6) is 0.427. The van der Waals surface area contributed by atoms with Gasteiger partial charge in [-0.25, -0.2) is 0 Å². The van der Waals surface area contributed by atoms with Gasteiger partial charge in [-0.1, -0.05) is 176 Å². The van der Waals surface area contributed by atoms with E-state index in [0.29, 0.717) is 0 Å². The van der Waals surface area contributed by atoms with E-state index in [1.54, 1.807) is 0 Å². The van der Waals surface area contributed by atoms with E-state index in [4.69, 9.17) is 0 Å². The Labute approximate surface area is 322 Å². The van der Waals surface area contributed by atoms with Crippen molar-refractivity contribution in [1.29, 1.82) is 0 Å². The van der Waals surface area contributed by atoms with Crippen LogP contribution >= 0.6 is 0 Å². The van der Waals surface area contributed by atoms with E-state index in [9.17, 15) is 0 Å². The molecule has 55 heavy (non-hydrogen) atoms. The van der Waals surface area contributed by atoms with Crippen LogP contribution in [0.2, 0.25) is 0 Å². The summed E-state index contributed by atoms with van der Waals surface area (Å²) in [6.45, 7) is 0. The predicted molar refractivity (Wildman–Crippen MR) is 229 cm³/mol. The number of hydrogen-bond acceptors (Lipinski definition) is 0. The van der Waals surface area contributed by atoms with E-state index in [2.05, 4.69) is 194 Å². The second-order valence-electron chi connectivity index (χ2n) is 15.6. The van der Waals surface area contributed by atoms with Crippen molar-refractivity contribution in [2.45, 2.75) is 18.3 Å². The molecule has 0 amide bonds. The summed E-state index contributed by atoms with van der Waals surface area (Å²) in [6, 6.07) is 73.1. The van der Waals surface area contributed by atoms with Crippen LogP contribution in [-0.4, -0.2) is 0 Å². The van der Waals surface area contributed by atoms with Crippen LogP contribution in [0.15, 0.2) is 194 Å². The fraction of sp³-hybridized carbons (Fsp3) is 0.0545. The van der Waals surface area contributed by atoms with Crippen LogP contribution in [0.1, 0.15) is 56.3 Å². The van der Waals surface area contributed by atoms with Gasteiger partial charge in [0.1, 0.15) is 0 Å². The van der Waals surface area contributed by atoms with Crippen LogP contribution in [0, 0.1) is 0 Å². The fourth-order valence-corrected chi connectivity index (χ4v) is 10.2. The molecule has 0 saturated heterocycles. The zero-order valence-corrected chi connectivity index (χ0v) is 30.3. The van der Waals surface area contributed by atoms with Gasteiger partial charge in [0.15, 0.2) is 0 Å². The van der Waals surface area contributed by atoms with Gasteiger partial charge in [0.2, 0.25) is 0 Å². The Morgan fingerprint density at radius 2 is 0.873 bits per heavy atom. The minimum Gasteiger partial charge on any atom is -0.0622 e. The van der Waals surface area contributed by atoms with Gasteiger partial charge in [0.05, 0.1) is 0 Å². The molecule has 0 bridgehead atoms. The first-order valence-electron chi connectivity index (χ1n) is 19.5. The third-order valence-electron chi connectivity index (χ3n) is 12.6.